The number of nitrogens with zero attached hydrogens (tertiary/aromatic N) is 1. The third-order valence-electron chi connectivity index (χ3n) is 5.85. The zero-order valence-corrected chi connectivity index (χ0v) is 18.7. The predicted octanol–water partition coefficient (Wildman–Crippen LogP) is 3.21. The third kappa shape index (κ3) is 6.07. The van der Waals surface area contributed by atoms with Gasteiger partial charge in [-0.1, -0.05) is 68.4 Å². The Labute approximate surface area is 185 Å². The highest BCUT2D eigenvalue weighted by molar-refractivity contribution is 5.85. The second kappa shape index (κ2) is 10.4. The van der Waals surface area contributed by atoms with E-state index in [2.05, 4.69) is 43.5 Å². The van der Waals surface area contributed by atoms with E-state index in [4.69, 9.17) is 4.74 Å². The van der Waals surface area contributed by atoms with E-state index >= 15 is 0 Å². The molecule has 6 nitrogen and oxygen atoms in total. The van der Waals surface area contributed by atoms with Gasteiger partial charge in [-0.15, -0.1) is 0 Å². The highest BCUT2D eigenvalue weighted by atomic mass is 16.5. The number of carbonyl (C=O) groups excluding carboxylic acids is 2. The van der Waals surface area contributed by atoms with E-state index in [1.165, 1.54) is 11.1 Å². The van der Waals surface area contributed by atoms with Gasteiger partial charge in [0.1, 0.15) is 0 Å². The van der Waals surface area contributed by atoms with Crippen LogP contribution in [-0.2, 0) is 14.9 Å². The van der Waals surface area contributed by atoms with Crippen molar-refractivity contribution >= 4 is 11.9 Å². The Morgan fingerprint density at radius 3 is 2.32 bits per heavy atom. The first kappa shape index (κ1) is 22.8. The smallest absolute Gasteiger partial charge is 0.314 e. The second-order valence-electron chi connectivity index (χ2n) is 8.66. The molecule has 0 saturated carbocycles. The van der Waals surface area contributed by atoms with Gasteiger partial charge in [0.25, 0.3) is 0 Å². The summed E-state index contributed by atoms with van der Waals surface area (Å²) in [5, 5.41) is 5.89. The molecule has 0 radical (unpaired) electrons. The Kier molecular flexibility index (Phi) is 7.69. The number of rotatable bonds is 7. The molecule has 1 heterocycles. The Bertz CT molecular complexity index is 877. The lowest BCUT2D eigenvalue weighted by atomic mass is 9.82. The molecule has 0 aliphatic carbocycles. The summed E-state index contributed by atoms with van der Waals surface area (Å²) in [5.74, 6) is -0.399. The van der Waals surface area contributed by atoms with E-state index < -0.39 is 5.92 Å². The van der Waals surface area contributed by atoms with Crippen LogP contribution in [0.3, 0.4) is 0 Å². The molecule has 31 heavy (non-hydrogen) atoms. The van der Waals surface area contributed by atoms with Gasteiger partial charge in [-0.2, -0.15) is 0 Å². The van der Waals surface area contributed by atoms with Gasteiger partial charge in [0.2, 0.25) is 5.91 Å². The normalized spacial score (nSPS) is 15.3. The van der Waals surface area contributed by atoms with Crippen LogP contribution in [0.25, 0.3) is 0 Å². The molecule has 0 aromatic heterocycles. The van der Waals surface area contributed by atoms with Crippen LogP contribution in [0.1, 0.15) is 36.5 Å². The van der Waals surface area contributed by atoms with Crippen molar-refractivity contribution in [2.45, 2.75) is 32.1 Å². The summed E-state index contributed by atoms with van der Waals surface area (Å²) in [6.45, 7) is 9.32. The minimum Gasteiger partial charge on any atom is -0.378 e. The van der Waals surface area contributed by atoms with Gasteiger partial charge in [0, 0.05) is 31.6 Å². The molecule has 1 unspecified atom stereocenters. The Morgan fingerprint density at radius 2 is 1.65 bits per heavy atom. The Balaban J connectivity index is 1.61. The van der Waals surface area contributed by atoms with Crippen molar-refractivity contribution in [3.63, 3.8) is 0 Å². The number of hydrogen-bond acceptors (Lipinski definition) is 3. The molecule has 3 rings (SSSR count). The molecule has 1 aliphatic rings. The highest BCUT2D eigenvalue weighted by Crippen LogP contribution is 2.25. The average Bonchev–Trinajstić information content (AvgIpc) is 2.79. The maximum atomic E-state index is 13.1. The molecule has 1 saturated heterocycles. The van der Waals surface area contributed by atoms with Crippen LogP contribution in [0.5, 0.6) is 0 Å². The number of urea groups is 1. The maximum absolute atomic E-state index is 13.1. The zero-order valence-electron chi connectivity index (χ0n) is 18.7. The van der Waals surface area contributed by atoms with E-state index in [0.29, 0.717) is 32.8 Å². The third-order valence-corrected chi connectivity index (χ3v) is 5.85. The molecule has 166 valence electrons. The highest BCUT2D eigenvalue weighted by Gasteiger charge is 2.28. The van der Waals surface area contributed by atoms with Crippen LogP contribution in [0.4, 0.5) is 4.79 Å². The van der Waals surface area contributed by atoms with E-state index in [-0.39, 0.29) is 23.9 Å². The van der Waals surface area contributed by atoms with Crippen LogP contribution < -0.4 is 10.6 Å². The number of benzene rings is 2. The van der Waals surface area contributed by atoms with E-state index in [0.717, 1.165) is 5.56 Å². The van der Waals surface area contributed by atoms with Gasteiger partial charge in [-0.3, -0.25) is 4.79 Å². The van der Waals surface area contributed by atoms with E-state index in [9.17, 15) is 9.59 Å². The Morgan fingerprint density at radius 1 is 1.00 bits per heavy atom. The number of ether oxygens (including phenoxy) is 1. The van der Waals surface area contributed by atoms with Gasteiger partial charge < -0.3 is 20.3 Å². The first-order valence-electron chi connectivity index (χ1n) is 10.9. The van der Waals surface area contributed by atoms with Crippen molar-refractivity contribution in [2.24, 2.45) is 0 Å². The van der Waals surface area contributed by atoms with Gasteiger partial charge in [0.05, 0.1) is 19.1 Å². The molecule has 1 atom stereocenters. The largest absolute Gasteiger partial charge is 0.378 e. The lowest BCUT2D eigenvalue weighted by Crippen LogP contribution is -2.47. The minimum absolute atomic E-state index is 0.0232. The van der Waals surface area contributed by atoms with Crippen LogP contribution in [0.15, 0.2) is 54.6 Å². The van der Waals surface area contributed by atoms with Crippen molar-refractivity contribution in [2.75, 3.05) is 39.4 Å². The summed E-state index contributed by atoms with van der Waals surface area (Å²) in [7, 11) is 0. The van der Waals surface area contributed by atoms with E-state index in [1.807, 2.05) is 47.4 Å². The summed E-state index contributed by atoms with van der Waals surface area (Å²) in [4.78, 5) is 27.5. The summed E-state index contributed by atoms with van der Waals surface area (Å²) >= 11 is 0. The molecule has 0 spiro atoms. The number of aryl methyl sites for hydroxylation is 1. The molecule has 0 bridgehead atoms. The van der Waals surface area contributed by atoms with Gasteiger partial charge >= 0.3 is 6.03 Å². The molecule has 2 aromatic carbocycles. The number of morpholine rings is 1. The summed E-state index contributed by atoms with van der Waals surface area (Å²) in [6.07, 6.45) is 0. The molecule has 1 fully saturated rings. The van der Waals surface area contributed by atoms with Gasteiger partial charge in [0.15, 0.2) is 0 Å². The van der Waals surface area contributed by atoms with Crippen molar-refractivity contribution in [3.05, 3.63) is 71.3 Å². The fourth-order valence-electron chi connectivity index (χ4n) is 4.02. The number of carbonyl (C=O) groups is 2. The second-order valence-corrected chi connectivity index (χ2v) is 8.66. The number of amides is 3. The summed E-state index contributed by atoms with van der Waals surface area (Å²) in [6, 6.07) is 17.6. The zero-order chi connectivity index (χ0) is 22.3. The summed E-state index contributed by atoms with van der Waals surface area (Å²) < 4.78 is 5.37. The predicted molar refractivity (Wildman–Crippen MR) is 122 cm³/mol. The molecule has 2 aromatic rings. The van der Waals surface area contributed by atoms with Crippen LogP contribution in [-0.4, -0.2) is 56.2 Å². The first-order valence-corrected chi connectivity index (χ1v) is 10.9. The first-order chi connectivity index (χ1) is 14.9. The fourth-order valence-corrected chi connectivity index (χ4v) is 4.02. The maximum Gasteiger partial charge on any atom is 0.314 e. The molecular weight excluding hydrogens is 390 g/mol. The number of nitrogens with one attached hydrogen (secondary N) is 2. The van der Waals surface area contributed by atoms with Crippen molar-refractivity contribution < 1.29 is 14.3 Å². The van der Waals surface area contributed by atoms with Gasteiger partial charge in [-0.05, 0) is 23.6 Å². The van der Waals surface area contributed by atoms with Crippen LogP contribution in [0, 0.1) is 6.92 Å². The lowest BCUT2D eigenvalue weighted by Gasteiger charge is -2.31. The average molecular weight is 424 g/mol. The van der Waals surface area contributed by atoms with Crippen molar-refractivity contribution in [1.82, 2.24) is 15.5 Å². The standard InChI is InChI=1S/C25H33N3O3/c1-19-9-7-8-12-22(19)25(2,3)18-27-24(30)26-17-21(20-10-5-4-6-11-20)23(29)28-13-15-31-16-14-28/h4-12,21H,13-18H2,1-3H3,(H2,26,27,30). The lowest BCUT2D eigenvalue weighted by molar-refractivity contribution is -0.136. The van der Waals surface area contributed by atoms with Crippen molar-refractivity contribution in [1.29, 1.82) is 0 Å². The molecule has 3 amide bonds. The number of hydrogen-bond donors (Lipinski definition) is 2. The monoisotopic (exact) mass is 423 g/mol. The summed E-state index contributed by atoms with van der Waals surface area (Å²) in [5.41, 5.74) is 3.11. The molecule has 6 heteroatoms. The van der Waals surface area contributed by atoms with Gasteiger partial charge in [-0.25, -0.2) is 4.79 Å². The van der Waals surface area contributed by atoms with E-state index in [1.54, 1.807) is 0 Å². The van der Waals surface area contributed by atoms with Crippen molar-refractivity contribution in [3.8, 4) is 0 Å². The SMILES string of the molecule is Cc1ccccc1C(C)(C)CNC(=O)NCC(C(=O)N1CCOCC1)c1ccccc1. The molecule has 1 aliphatic heterocycles. The minimum atomic E-state index is -0.422. The van der Waals surface area contributed by atoms with Crippen LogP contribution >= 0.6 is 0 Å². The Hall–Kier alpha value is -2.86. The fraction of sp³-hybridized carbons (Fsp3) is 0.440. The molecule has 2 N–H and O–H groups in total. The molecular formula is C25H33N3O3. The van der Waals surface area contributed by atoms with Crippen LogP contribution in [0.2, 0.25) is 0 Å². The topological polar surface area (TPSA) is 70.7 Å². The quantitative estimate of drug-likeness (QED) is 0.718.